The fourth-order valence-corrected chi connectivity index (χ4v) is 3.43. The third kappa shape index (κ3) is 3.62. The zero-order chi connectivity index (χ0) is 18.9. The van der Waals surface area contributed by atoms with Crippen LogP contribution in [0.15, 0.2) is 36.4 Å². The van der Waals surface area contributed by atoms with Crippen LogP contribution in [0.1, 0.15) is 35.1 Å². The molecule has 4 nitrogen and oxygen atoms in total. The topological polar surface area (TPSA) is 58.2 Å². The van der Waals surface area contributed by atoms with Crippen molar-refractivity contribution in [3.8, 4) is 0 Å². The Bertz CT molecular complexity index is 832. The Kier molecular flexibility index (Phi) is 4.81. The summed E-state index contributed by atoms with van der Waals surface area (Å²) in [4.78, 5) is 24.8. The zero-order valence-electron chi connectivity index (χ0n) is 15.3. The van der Waals surface area contributed by atoms with Gasteiger partial charge in [-0.1, -0.05) is 29.8 Å². The summed E-state index contributed by atoms with van der Waals surface area (Å²) in [6.45, 7) is 5.81. The molecule has 5 heteroatoms. The second-order valence-corrected chi connectivity index (χ2v) is 7.09. The summed E-state index contributed by atoms with van der Waals surface area (Å²) in [7, 11) is 0. The molecule has 0 spiro atoms. The van der Waals surface area contributed by atoms with E-state index >= 15 is 0 Å². The van der Waals surface area contributed by atoms with Crippen molar-refractivity contribution >= 4 is 17.5 Å². The van der Waals surface area contributed by atoms with Gasteiger partial charge in [0.25, 0.3) is 0 Å². The zero-order valence-corrected chi connectivity index (χ0v) is 15.3. The first-order chi connectivity index (χ1) is 12.3. The summed E-state index contributed by atoms with van der Waals surface area (Å²) in [5, 5.41) is 5.60. The van der Waals surface area contributed by atoms with Gasteiger partial charge in [0.05, 0.1) is 12.0 Å². The molecule has 2 aromatic rings. The van der Waals surface area contributed by atoms with E-state index in [1.807, 2.05) is 32.9 Å². The SMILES string of the molecule is Cc1cc(C)c(NC(=O)CNC(=O)C2(c3ccc(F)cc3)CC2)c(C)c1. The molecule has 0 heterocycles. The summed E-state index contributed by atoms with van der Waals surface area (Å²) in [5.41, 5.74) is 4.08. The number of amides is 2. The highest BCUT2D eigenvalue weighted by Crippen LogP contribution is 2.48. The van der Waals surface area contributed by atoms with Gasteiger partial charge in [0.2, 0.25) is 11.8 Å². The van der Waals surface area contributed by atoms with Gasteiger partial charge in [0, 0.05) is 5.69 Å². The molecule has 0 aromatic heterocycles. The van der Waals surface area contributed by atoms with Crippen molar-refractivity contribution in [2.45, 2.75) is 39.0 Å². The average molecular weight is 354 g/mol. The first-order valence-electron chi connectivity index (χ1n) is 8.74. The van der Waals surface area contributed by atoms with Gasteiger partial charge in [0.1, 0.15) is 5.82 Å². The van der Waals surface area contributed by atoms with Crippen LogP contribution in [0.3, 0.4) is 0 Å². The van der Waals surface area contributed by atoms with Crippen LogP contribution in [-0.2, 0) is 15.0 Å². The first-order valence-corrected chi connectivity index (χ1v) is 8.74. The standard InChI is InChI=1S/C21H23FN2O2/c1-13-10-14(2)19(15(3)11-13)24-18(25)12-23-20(26)21(8-9-21)16-4-6-17(22)7-5-16/h4-7,10-11H,8-9,12H2,1-3H3,(H,23,26)(H,24,25). The normalized spacial score (nSPS) is 14.6. The maximum atomic E-state index is 13.1. The van der Waals surface area contributed by atoms with Crippen LogP contribution in [0.4, 0.5) is 10.1 Å². The van der Waals surface area contributed by atoms with E-state index < -0.39 is 5.41 Å². The van der Waals surface area contributed by atoms with E-state index in [0.29, 0.717) is 12.8 Å². The van der Waals surface area contributed by atoms with E-state index in [1.165, 1.54) is 12.1 Å². The van der Waals surface area contributed by atoms with E-state index in [9.17, 15) is 14.0 Å². The summed E-state index contributed by atoms with van der Waals surface area (Å²) in [6.07, 6.45) is 1.42. The van der Waals surface area contributed by atoms with Crippen molar-refractivity contribution < 1.29 is 14.0 Å². The number of halogens is 1. The first kappa shape index (κ1) is 18.1. The number of hydrogen-bond donors (Lipinski definition) is 2. The number of nitrogens with one attached hydrogen (secondary N) is 2. The number of carbonyl (C=O) groups is 2. The molecule has 1 aliphatic rings. The highest BCUT2D eigenvalue weighted by Gasteiger charge is 2.51. The van der Waals surface area contributed by atoms with Crippen molar-refractivity contribution in [3.05, 3.63) is 64.5 Å². The van der Waals surface area contributed by atoms with E-state index in [-0.39, 0.29) is 24.2 Å². The third-order valence-electron chi connectivity index (χ3n) is 4.93. The Labute approximate surface area is 152 Å². The molecule has 2 aromatic carbocycles. The minimum Gasteiger partial charge on any atom is -0.346 e. The number of aryl methyl sites for hydroxylation is 3. The van der Waals surface area contributed by atoms with Gasteiger partial charge in [-0.2, -0.15) is 0 Å². The number of anilines is 1. The third-order valence-corrected chi connectivity index (χ3v) is 4.93. The lowest BCUT2D eigenvalue weighted by molar-refractivity contribution is -0.126. The van der Waals surface area contributed by atoms with Crippen molar-refractivity contribution in [1.82, 2.24) is 5.32 Å². The minimum atomic E-state index is -0.621. The van der Waals surface area contributed by atoms with Crippen LogP contribution in [0.25, 0.3) is 0 Å². The van der Waals surface area contributed by atoms with Gasteiger partial charge in [-0.05, 0) is 62.4 Å². The molecule has 0 aliphatic heterocycles. The molecular formula is C21H23FN2O2. The Morgan fingerprint density at radius 3 is 2.15 bits per heavy atom. The van der Waals surface area contributed by atoms with Gasteiger partial charge in [-0.25, -0.2) is 4.39 Å². The molecule has 2 N–H and O–H groups in total. The van der Waals surface area contributed by atoms with Crippen LogP contribution in [0, 0.1) is 26.6 Å². The lowest BCUT2D eigenvalue weighted by Gasteiger charge is -2.17. The highest BCUT2D eigenvalue weighted by atomic mass is 19.1. The monoisotopic (exact) mass is 354 g/mol. The Morgan fingerprint density at radius 1 is 1.04 bits per heavy atom. The molecule has 1 saturated carbocycles. The smallest absolute Gasteiger partial charge is 0.243 e. The molecule has 3 rings (SSSR count). The molecular weight excluding hydrogens is 331 g/mol. The van der Waals surface area contributed by atoms with Gasteiger partial charge in [-0.3, -0.25) is 9.59 Å². The Hall–Kier alpha value is -2.69. The van der Waals surface area contributed by atoms with Crippen molar-refractivity contribution in [1.29, 1.82) is 0 Å². The largest absolute Gasteiger partial charge is 0.346 e. The maximum Gasteiger partial charge on any atom is 0.243 e. The molecule has 26 heavy (non-hydrogen) atoms. The molecule has 0 atom stereocenters. The lowest BCUT2D eigenvalue weighted by Crippen LogP contribution is -2.39. The van der Waals surface area contributed by atoms with Gasteiger partial charge in [0.15, 0.2) is 0 Å². The Morgan fingerprint density at radius 2 is 1.62 bits per heavy atom. The van der Waals surface area contributed by atoms with Crippen LogP contribution in [0.2, 0.25) is 0 Å². The van der Waals surface area contributed by atoms with Gasteiger partial charge >= 0.3 is 0 Å². The minimum absolute atomic E-state index is 0.0888. The summed E-state index contributed by atoms with van der Waals surface area (Å²) in [6, 6.07) is 10.0. The quantitative estimate of drug-likeness (QED) is 0.863. The molecule has 0 bridgehead atoms. The fraction of sp³-hybridized carbons (Fsp3) is 0.333. The van der Waals surface area contributed by atoms with Gasteiger partial charge < -0.3 is 10.6 Å². The van der Waals surface area contributed by atoms with Crippen molar-refractivity contribution in [2.24, 2.45) is 0 Å². The lowest BCUT2D eigenvalue weighted by atomic mass is 9.95. The molecule has 2 amide bonds. The van der Waals surface area contributed by atoms with Gasteiger partial charge in [-0.15, -0.1) is 0 Å². The van der Waals surface area contributed by atoms with Crippen molar-refractivity contribution in [2.75, 3.05) is 11.9 Å². The number of benzene rings is 2. The maximum absolute atomic E-state index is 13.1. The van der Waals surface area contributed by atoms with Crippen LogP contribution < -0.4 is 10.6 Å². The van der Waals surface area contributed by atoms with E-state index in [4.69, 9.17) is 0 Å². The molecule has 0 radical (unpaired) electrons. The Balaban J connectivity index is 1.61. The molecule has 1 aliphatic carbocycles. The molecule has 0 unspecified atom stereocenters. The average Bonchev–Trinajstić information content (AvgIpc) is 3.38. The van der Waals surface area contributed by atoms with E-state index in [2.05, 4.69) is 10.6 Å². The second kappa shape index (κ2) is 6.90. The summed E-state index contributed by atoms with van der Waals surface area (Å²) in [5.74, 6) is -0.770. The number of hydrogen-bond acceptors (Lipinski definition) is 2. The van der Waals surface area contributed by atoms with Crippen LogP contribution in [-0.4, -0.2) is 18.4 Å². The highest BCUT2D eigenvalue weighted by molar-refractivity contribution is 5.98. The second-order valence-electron chi connectivity index (χ2n) is 7.09. The molecule has 136 valence electrons. The van der Waals surface area contributed by atoms with Crippen molar-refractivity contribution in [3.63, 3.8) is 0 Å². The predicted octanol–water partition coefficient (Wildman–Crippen LogP) is 3.54. The summed E-state index contributed by atoms with van der Waals surface area (Å²) < 4.78 is 13.1. The van der Waals surface area contributed by atoms with E-state index in [1.54, 1.807) is 12.1 Å². The summed E-state index contributed by atoms with van der Waals surface area (Å²) >= 11 is 0. The fourth-order valence-electron chi connectivity index (χ4n) is 3.43. The predicted molar refractivity (Wildman–Crippen MR) is 99.6 cm³/mol. The van der Waals surface area contributed by atoms with Crippen LogP contribution >= 0.6 is 0 Å². The molecule has 0 saturated heterocycles. The van der Waals surface area contributed by atoms with Crippen LogP contribution in [0.5, 0.6) is 0 Å². The van der Waals surface area contributed by atoms with E-state index in [0.717, 1.165) is 27.9 Å². The number of carbonyl (C=O) groups excluding carboxylic acids is 2. The number of rotatable bonds is 5. The molecule has 1 fully saturated rings.